The second-order valence-corrected chi connectivity index (χ2v) is 5.34. The second kappa shape index (κ2) is 6.32. The van der Waals surface area contributed by atoms with Gasteiger partial charge in [0.25, 0.3) is 0 Å². The van der Waals surface area contributed by atoms with Gasteiger partial charge in [0.15, 0.2) is 0 Å². The highest BCUT2D eigenvalue weighted by Gasteiger charge is 2.32. The van der Waals surface area contributed by atoms with Crippen LogP contribution in [0.15, 0.2) is 24.3 Å². The minimum Gasteiger partial charge on any atom is -0.380 e. The lowest BCUT2D eigenvalue weighted by molar-refractivity contribution is 0.185. The van der Waals surface area contributed by atoms with Gasteiger partial charge in [-0.2, -0.15) is 0 Å². The third-order valence-electron chi connectivity index (χ3n) is 3.83. The Morgan fingerprint density at radius 2 is 2.06 bits per heavy atom. The molecule has 1 aliphatic rings. The van der Waals surface area contributed by atoms with Gasteiger partial charge in [0, 0.05) is 19.7 Å². The molecule has 3 atom stereocenters. The zero-order chi connectivity index (χ0) is 13.0. The molecule has 1 saturated carbocycles. The lowest BCUT2D eigenvalue weighted by atomic mass is 10.0. The Bertz CT molecular complexity index is 363. The first-order valence-corrected chi connectivity index (χ1v) is 6.75. The highest BCUT2D eigenvalue weighted by atomic mass is 16.5. The van der Waals surface area contributed by atoms with Gasteiger partial charge in [0.05, 0.1) is 6.61 Å². The average molecular weight is 248 g/mol. The fourth-order valence-corrected chi connectivity index (χ4v) is 2.33. The van der Waals surface area contributed by atoms with Gasteiger partial charge in [-0.05, 0) is 35.9 Å². The molecule has 1 aromatic carbocycles. The minimum absolute atomic E-state index is 0.273. The number of hydrogen-bond donors (Lipinski definition) is 2. The molecule has 0 spiro atoms. The molecule has 0 bridgehead atoms. The number of rotatable bonds is 7. The van der Waals surface area contributed by atoms with Crippen molar-refractivity contribution in [3.8, 4) is 0 Å². The van der Waals surface area contributed by atoms with Crippen LogP contribution in [0.2, 0.25) is 0 Å². The summed E-state index contributed by atoms with van der Waals surface area (Å²) in [6.45, 7) is 4.71. The number of benzene rings is 1. The van der Waals surface area contributed by atoms with E-state index in [1.165, 1.54) is 17.5 Å². The monoisotopic (exact) mass is 248 g/mol. The molecule has 3 heteroatoms. The third-order valence-corrected chi connectivity index (χ3v) is 3.83. The molecule has 0 aliphatic heterocycles. The Kier molecular flexibility index (Phi) is 4.75. The Morgan fingerprint density at radius 3 is 2.56 bits per heavy atom. The van der Waals surface area contributed by atoms with E-state index >= 15 is 0 Å². The molecule has 0 saturated heterocycles. The molecule has 0 amide bonds. The maximum atomic E-state index is 5.86. The molecule has 2 rings (SSSR count). The van der Waals surface area contributed by atoms with Crippen LogP contribution in [0.25, 0.3) is 0 Å². The van der Waals surface area contributed by atoms with E-state index in [9.17, 15) is 0 Å². The van der Waals surface area contributed by atoms with E-state index in [1.807, 2.05) is 0 Å². The van der Waals surface area contributed by atoms with Gasteiger partial charge in [0.2, 0.25) is 0 Å². The summed E-state index contributed by atoms with van der Waals surface area (Å²) in [5, 5.41) is 3.57. The molecule has 3 unspecified atom stereocenters. The predicted molar refractivity (Wildman–Crippen MR) is 74.2 cm³/mol. The largest absolute Gasteiger partial charge is 0.380 e. The standard InChI is InChI=1S/C15H24N2O/c1-11-7-14(11)9-17-15(8-16)13-5-3-12(4-6-13)10-18-2/h3-6,11,14-15,17H,7-10,16H2,1-2H3. The Balaban J connectivity index is 1.89. The van der Waals surface area contributed by atoms with E-state index in [-0.39, 0.29) is 6.04 Å². The van der Waals surface area contributed by atoms with Crippen molar-refractivity contribution in [2.24, 2.45) is 17.6 Å². The summed E-state index contributed by atoms with van der Waals surface area (Å²) >= 11 is 0. The van der Waals surface area contributed by atoms with Gasteiger partial charge >= 0.3 is 0 Å². The Hall–Kier alpha value is -0.900. The quantitative estimate of drug-likeness (QED) is 0.776. The fourth-order valence-electron chi connectivity index (χ4n) is 2.33. The first kappa shape index (κ1) is 13.5. The van der Waals surface area contributed by atoms with E-state index < -0.39 is 0 Å². The number of nitrogens with one attached hydrogen (secondary N) is 1. The molecule has 1 aromatic rings. The van der Waals surface area contributed by atoms with Gasteiger partial charge < -0.3 is 15.8 Å². The van der Waals surface area contributed by atoms with Crippen molar-refractivity contribution < 1.29 is 4.74 Å². The molecule has 18 heavy (non-hydrogen) atoms. The highest BCUT2D eigenvalue weighted by Crippen LogP contribution is 2.37. The van der Waals surface area contributed by atoms with Crippen molar-refractivity contribution in [3.05, 3.63) is 35.4 Å². The first-order valence-electron chi connectivity index (χ1n) is 6.75. The van der Waals surface area contributed by atoms with Gasteiger partial charge in [0.1, 0.15) is 0 Å². The normalized spacial score (nSPS) is 23.9. The van der Waals surface area contributed by atoms with Gasteiger partial charge in [-0.25, -0.2) is 0 Å². The summed E-state index contributed by atoms with van der Waals surface area (Å²) < 4.78 is 5.11. The van der Waals surface area contributed by atoms with Gasteiger partial charge in [-0.3, -0.25) is 0 Å². The summed E-state index contributed by atoms with van der Waals surface area (Å²) in [5.41, 5.74) is 8.33. The van der Waals surface area contributed by atoms with Crippen LogP contribution < -0.4 is 11.1 Å². The zero-order valence-corrected chi connectivity index (χ0v) is 11.4. The number of methoxy groups -OCH3 is 1. The van der Waals surface area contributed by atoms with Crippen molar-refractivity contribution >= 4 is 0 Å². The molecule has 1 fully saturated rings. The summed E-state index contributed by atoms with van der Waals surface area (Å²) in [6, 6.07) is 8.80. The lowest BCUT2D eigenvalue weighted by Gasteiger charge is -2.17. The van der Waals surface area contributed by atoms with Crippen LogP contribution in [0.1, 0.15) is 30.5 Å². The summed E-state index contributed by atoms with van der Waals surface area (Å²) in [6.07, 6.45) is 1.36. The number of nitrogens with two attached hydrogens (primary N) is 1. The van der Waals surface area contributed by atoms with Crippen LogP contribution in [0.4, 0.5) is 0 Å². The maximum Gasteiger partial charge on any atom is 0.0713 e. The molecule has 0 heterocycles. The van der Waals surface area contributed by atoms with E-state index in [0.29, 0.717) is 13.2 Å². The smallest absolute Gasteiger partial charge is 0.0713 e. The zero-order valence-electron chi connectivity index (χ0n) is 11.4. The van der Waals surface area contributed by atoms with Crippen LogP contribution in [0.3, 0.4) is 0 Å². The van der Waals surface area contributed by atoms with Crippen molar-refractivity contribution in [1.29, 1.82) is 0 Å². The van der Waals surface area contributed by atoms with E-state index in [2.05, 4.69) is 36.5 Å². The van der Waals surface area contributed by atoms with Crippen molar-refractivity contribution in [2.45, 2.75) is 26.0 Å². The van der Waals surface area contributed by atoms with Crippen LogP contribution in [-0.2, 0) is 11.3 Å². The van der Waals surface area contributed by atoms with E-state index in [4.69, 9.17) is 10.5 Å². The SMILES string of the molecule is COCc1ccc(C(CN)NCC2CC2C)cc1. The summed E-state index contributed by atoms with van der Waals surface area (Å²) in [7, 11) is 1.72. The van der Waals surface area contributed by atoms with Crippen LogP contribution in [0.5, 0.6) is 0 Å². The van der Waals surface area contributed by atoms with Crippen LogP contribution >= 0.6 is 0 Å². The fraction of sp³-hybridized carbons (Fsp3) is 0.600. The topological polar surface area (TPSA) is 47.3 Å². The van der Waals surface area contributed by atoms with Crippen molar-refractivity contribution in [2.75, 3.05) is 20.2 Å². The Morgan fingerprint density at radius 1 is 1.39 bits per heavy atom. The predicted octanol–water partition coefficient (Wildman–Crippen LogP) is 2.08. The average Bonchev–Trinajstić information content (AvgIpc) is 3.08. The Labute approximate surface area is 110 Å². The van der Waals surface area contributed by atoms with Crippen LogP contribution in [-0.4, -0.2) is 20.2 Å². The molecular weight excluding hydrogens is 224 g/mol. The van der Waals surface area contributed by atoms with E-state index in [1.54, 1.807) is 7.11 Å². The van der Waals surface area contributed by atoms with E-state index in [0.717, 1.165) is 18.4 Å². The first-order chi connectivity index (χ1) is 8.74. The summed E-state index contributed by atoms with van der Waals surface area (Å²) in [4.78, 5) is 0. The van der Waals surface area contributed by atoms with Crippen LogP contribution in [0, 0.1) is 11.8 Å². The van der Waals surface area contributed by atoms with Gasteiger partial charge in [-0.1, -0.05) is 31.2 Å². The third kappa shape index (κ3) is 3.55. The van der Waals surface area contributed by atoms with Crippen molar-refractivity contribution in [3.63, 3.8) is 0 Å². The number of hydrogen-bond acceptors (Lipinski definition) is 3. The molecular formula is C15H24N2O. The maximum absolute atomic E-state index is 5.86. The number of ether oxygens (including phenoxy) is 1. The molecule has 3 nitrogen and oxygen atoms in total. The van der Waals surface area contributed by atoms with Gasteiger partial charge in [-0.15, -0.1) is 0 Å². The second-order valence-electron chi connectivity index (χ2n) is 5.34. The summed E-state index contributed by atoms with van der Waals surface area (Å²) in [5.74, 6) is 1.74. The molecule has 1 aliphatic carbocycles. The molecule has 100 valence electrons. The van der Waals surface area contributed by atoms with Crippen molar-refractivity contribution in [1.82, 2.24) is 5.32 Å². The molecule has 0 aromatic heterocycles. The molecule has 0 radical (unpaired) electrons. The minimum atomic E-state index is 0.273. The molecule has 3 N–H and O–H groups in total. The highest BCUT2D eigenvalue weighted by molar-refractivity contribution is 5.25. The lowest BCUT2D eigenvalue weighted by Crippen LogP contribution is -2.30.